The Morgan fingerprint density at radius 1 is 1.43 bits per heavy atom. The van der Waals surface area contributed by atoms with Gasteiger partial charge in [-0.2, -0.15) is 0 Å². The summed E-state index contributed by atoms with van der Waals surface area (Å²) in [5, 5.41) is 3.55. The van der Waals surface area contributed by atoms with Crippen molar-refractivity contribution in [3.05, 3.63) is 28.7 Å². The molecule has 0 bridgehead atoms. The third kappa shape index (κ3) is 1.41. The predicted molar refractivity (Wildman–Crippen MR) is 49.9 cm³/mol. The summed E-state index contributed by atoms with van der Waals surface area (Å²) in [5.41, 5.74) is 0.719. The molecule has 0 saturated carbocycles. The van der Waals surface area contributed by atoms with E-state index in [1.54, 1.807) is 6.92 Å². The van der Waals surface area contributed by atoms with Crippen molar-refractivity contribution >= 4 is 15.9 Å². The molecule has 0 aliphatic carbocycles. The largest absolute Gasteiger partial charge is 0.361 e. The van der Waals surface area contributed by atoms with E-state index in [4.69, 9.17) is 4.52 Å². The van der Waals surface area contributed by atoms with Gasteiger partial charge in [0.1, 0.15) is 22.4 Å². The molecule has 0 N–H and O–H groups in total. The number of aryl methyl sites for hydroxylation is 1. The highest BCUT2D eigenvalue weighted by Gasteiger charge is 2.15. The molecule has 2 aromatic heterocycles. The monoisotopic (exact) mass is 257 g/mol. The van der Waals surface area contributed by atoms with Crippen molar-refractivity contribution in [1.29, 1.82) is 0 Å². The number of nitrogens with zero attached hydrogens (tertiary/aromatic N) is 3. The summed E-state index contributed by atoms with van der Waals surface area (Å²) in [7, 11) is 0. The van der Waals surface area contributed by atoms with Gasteiger partial charge in [-0.3, -0.25) is 0 Å². The van der Waals surface area contributed by atoms with Gasteiger partial charge < -0.3 is 4.52 Å². The van der Waals surface area contributed by atoms with Gasteiger partial charge in [-0.25, -0.2) is 14.4 Å². The van der Waals surface area contributed by atoms with Crippen molar-refractivity contribution in [2.24, 2.45) is 0 Å². The Labute approximate surface area is 87.3 Å². The van der Waals surface area contributed by atoms with E-state index in [2.05, 4.69) is 31.1 Å². The van der Waals surface area contributed by atoms with E-state index in [0.717, 1.165) is 0 Å². The van der Waals surface area contributed by atoms with Crippen molar-refractivity contribution in [1.82, 2.24) is 15.1 Å². The quantitative estimate of drug-likeness (QED) is 0.736. The zero-order chi connectivity index (χ0) is 10.1. The topological polar surface area (TPSA) is 51.8 Å². The predicted octanol–water partition coefficient (Wildman–Crippen LogP) is 2.34. The molecule has 0 atom stereocenters. The van der Waals surface area contributed by atoms with E-state index in [1.165, 1.54) is 12.5 Å². The van der Waals surface area contributed by atoms with Gasteiger partial charge in [0.15, 0.2) is 5.82 Å². The molecule has 0 unspecified atom stereocenters. The number of hydrogen-bond donors (Lipinski definition) is 0. The molecule has 0 spiro atoms. The zero-order valence-electron chi connectivity index (χ0n) is 7.16. The van der Waals surface area contributed by atoms with Gasteiger partial charge in [0.25, 0.3) is 0 Å². The summed E-state index contributed by atoms with van der Waals surface area (Å²) < 4.78 is 18.5. The molecule has 72 valence electrons. The number of hydrogen-bond acceptors (Lipinski definition) is 4. The van der Waals surface area contributed by atoms with Crippen LogP contribution < -0.4 is 0 Å². The maximum Gasteiger partial charge on any atom is 0.182 e. The summed E-state index contributed by atoms with van der Waals surface area (Å²) in [6.07, 6.45) is 2.70. The first kappa shape index (κ1) is 9.26. The molecule has 0 aliphatic rings. The van der Waals surface area contributed by atoms with E-state index in [0.29, 0.717) is 11.3 Å². The van der Waals surface area contributed by atoms with Crippen molar-refractivity contribution in [3.8, 4) is 11.3 Å². The number of aromatic nitrogens is 3. The van der Waals surface area contributed by atoms with Crippen LogP contribution in [0.15, 0.2) is 21.7 Å². The third-order valence-electron chi connectivity index (χ3n) is 1.75. The fourth-order valence-electron chi connectivity index (χ4n) is 1.06. The van der Waals surface area contributed by atoms with Crippen LogP contribution in [0.3, 0.4) is 0 Å². The molecule has 0 amide bonds. The first-order valence-electron chi connectivity index (χ1n) is 3.78. The standard InChI is InChI=1S/C8H5BrFN3O/c1-4-5(2-13-14-4)7-6(10)8(9)12-3-11-7/h2-3H,1H3. The lowest BCUT2D eigenvalue weighted by Gasteiger charge is -1.99. The Bertz CT molecular complexity index is 471. The van der Waals surface area contributed by atoms with Gasteiger partial charge in [0.05, 0.1) is 11.8 Å². The molecular weight excluding hydrogens is 253 g/mol. The van der Waals surface area contributed by atoms with E-state index in [9.17, 15) is 4.39 Å². The number of rotatable bonds is 1. The van der Waals surface area contributed by atoms with Crippen LogP contribution in [0, 0.1) is 12.7 Å². The second kappa shape index (κ2) is 3.45. The minimum Gasteiger partial charge on any atom is -0.361 e. The molecule has 2 aromatic rings. The van der Waals surface area contributed by atoms with Crippen LogP contribution in [-0.4, -0.2) is 15.1 Å². The molecular formula is C8H5BrFN3O. The summed E-state index contributed by atoms with van der Waals surface area (Å²) in [4.78, 5) is 7.48. The van der Waals surface area contributed by atoms with Crippen molar-refractivity contribution in [2.45, 2.75) is 6.92 Å². The summed E-state index contributed by atoms with van der Waals surface area (Å²) in [5.74, 6) is 0.00769. The van der Waals surface area contributed by atoms with E-state index in [-0.39, 0.29) is 10.3 Å². The summed E-state index contributed by atoms with van der Waals surface area (Å²) in [6, 6.07) is 0. The number of halogens is 2. The molecule has 0 saturated heterocycles. The molecule has 0 aliphatic heterocycles. The fraction of sp³-hybridized carbons (Fsp3) is 0.125. The highest BCUT2D eigenvalue weighted by Crippen LogP contribution is 2.26. The highest BCUT2D eigenvalue weighted by molar-refractivity contribution is 9.10. The lowest BCUT2D eigenvalue weighted by molar-refractivity contribution is 0.397. The van der Waals surface area contributed by atoms with E-state index in [1.807, 2.05) is 0 Å². The smallest absolute Gasteiger partial charge is 0.182 e. The van der Waals surface area contributed by atoms with Crippen molar-refractivity contribution < 1.29 is 8.91 Å². The Morgan fingerprint density at radius 3 is 2.86 bits per heavy atom. The summed E-state index contributed by atoms with van der Waals surface area (Å²) >= 11 is 2.98. The lowest BCUT2D eigenvalue weighted by atomic mass is 10.2. The maximum absolute atomic E-state index is 13.5. The van der Waals surface area contributed by atoms with Gasteiger partial charge in [0, 0.05) is 0 Å². The van der Waals surface area contributed by atoms with E-state index < -0.39 is 5.82 Å². The highest BCUT2D eigenvalue weighted by atomic mass is 79.9. The second-order valence-corrected chi connectivity index (χ2v) is 3.37. The minimum absolute atomic E-state index is 0.128. The molecule has 4 nitrogen and oxygen atoms in total. The molecule has 0 aromatic carbocycles. The van der Waals surface area contributed by atoms with Crippen LogP contribution in [-0.2, 0) is 0 Å². The van der Waals surface area contributed by atoms with Gasteiger partial charge in [-0.15, -0.1) is 0 Å². The molecule has 0 radical (unpaired) electrons. The fourth-order valence-corrected chi connectivity index (χ4v) is 1.34. The van der Waals surface area contributed by atoms with Crippen LogP contribution >= 0.6 is 15.9 Å². The van der Waals surface area contributed by atoms with Crippen LogP contribution in [0.4, 0.5) is 4.39 Å². The van der Waals surface area contributed by atoms with Crippen molar-refractivity contribution in [2.75, 3.05) is 0 Å². The van der Waals surface area contributed by atoms with Crippen LogP contribution in [0.1, 0.15) is 5.76 Å². The van der Waals surface area contributed by atoms with Gasteiger partial charge >= 0.3 is 0 Å². The Morgan fingerprint density at radius 2 is 2.21 bits per heavy atom. The SMILES string of the molecule is Cc1oncc1-c1ncnc(Br)c1F. The molecule has 2 heterocycles. The molecule has 2 rings (SSSR count). The van der Waals surface area contributed by atoms with Crippen LogP contribution in [0.25, 0.3) is 11.3 Å². The maximum atomic E-state index is 13.5. The zero-order valence-corrected chi connectivity index (χ0v) is 8.75. The summed E-state index contributed by atoms with van der Waals surface area (Å²) in [6.45, 7) is 1.69. The van der Waals surface area contributed by atoms with Gasteiger partial charge in [-0.05, 0) is 22.9 Å². The average Bonchev–Trinajstić information content (AvgIpc) is 2.57. The normalized spacial score (nSPS) is 10.5. The first-order chi connectivity index (χ1) is 6.70. The second-order valence-electron chi connectivity index (χ2n) is 2.62. The lowest BCUT2D eigenvalue weighted by Crippen LogP contribution is -1.92. The van der Waals surface area contributed by atoms with Gasteiger partial charge in [-0.1, -0.05) is 5.16 Å². The average molecular weight is 258 g/mol. The molecule has 0 fully saturated rings. The van der Waals surface area contributed by atoms with E-state index >= 15 is 0 Å². The van der Waals surface area contributed by atoms with Crippen LogP contribution in [0.2, 0.25) is 0 Å². The molecule has 6 heteroatoms. The Hall–Kier alpha value is -1.30. The Kier molecular flexibility index (Phi) is 2.28. The minimum atomic E-state index is -0.515. The third-order valence-corrected chi connectivity index (χ3v) is 2.31. The van der Waals surface area contributed by atoms with Crippen LogP contribution in [0.5, 0.6) is 0 Å². The first-order valence-corrected chi connectivity index (χ1v) is 4.57. The van der Waals surface area contributed by atoms with Gasteiger partial charge in [0.2, 0.25) is 0 Å². The molecule has 14 heavy (non-hydrogen) atoms. The van der Waals surface area contributed by atoms with Crippen molar-refractivity contribution in [3.63, 3.8) is 0 Å². The Balaban J connectivity index is 2.63.